The van der Waals surface area contributed by atoms with Crippen molar-refractivity contribution in [2.75, 3.05) is 25.9 Å². The zero-order chi connectivity index (χ0) is 12.3. The molecule has 4 nitrogen and oxygen atoms in total. The highest BCUT2D eigenvalue weighted by Crippen LogP contribution is 2.22. The molecule has 0 spiro atoms. The predicted octanol–water partition coefficient (Wildman–Crippen LogP) is 2.18. The van der Waals surface area contributed by atoms with Crippen LogP contribution in [0.25, 0.3) is 0 Å². The number of halogens is 1. The van der Waals surface area contributed by atoms with Crippen molar-refractivity contribution in [2.24, 2.45) is 0 Å². The quantitative estimate of drug-likeness (QED) is 0.842. The third-order valence-corrected chi connectivity index (χ3v) is 3.40. The summed E-state index contributed by atoms with van der Waals surface area (Å²) in [5, 5.41) is 0.409. The molecule has 94 valence electrons. The number of pyridine rings is 1. The van der Waals surface area contributed by atoms with E-state index in [9.17, 15) is 0 Å². The van der Waals surface area contributed by atoms with E-state index in [-0.39, 0.29) is 0 Å². The molecule has 0 aromatic carbocycles. The lowest BCUT2D eigenvalue weighted by Crippen LogP contribution is -2.40. The third-order valence-electron chi connectivity index (χ3n) is 3.19. The summed E-state index contributed by atoms with van der Waals surface area (Å²) < 4.78 is 5.67. The number of rotatable bonds is 3. The lowest BCUT2D eigenvalue weighted by atomic mass is 10.0. The Kier molecular flexibility index (Phi) is 4.07. The van der Waals surface area contributed by atoms with Crippen molar-refractivity contribution in [2.45, 2.75) is 25.3 Å². The van der Waals surface area contributed by atoms with Crippen molar-refractivity contribution in [3.05, 3.63) is 17.3 Å². The Morgan fingerprint density at radius 1 is 1.53 bits per heavy atom. The Labute approximate surface area is 107 Å². The van der Waals surface area contributed by atoms with Gasteiger partial charge in [-0.15, -0.1) is 0 Å². The standard InChI is InChI=1S/C12H18ClN3O/c1-16-7-3-2-4-9(16)8-17-12-10(14)5-6-11(13)15-12/h5-6,9H,2-4,7-8,14H2,1H3. The monoisotopic (exact) mass is 255 g/mol. The molecule has 1 unspecified atom stereocenters. The first kappa shape index (κ1) is 12.5. The van der Waals surface area contributed by atoms with Crippen LogP contribution in [0, 0.1) is 0 Å². The lowest BCUT2D eigenvalue weighted by molar-refractivity contribution is 0.123. The summed E-state index contributed by atoms with van der Waals surface area (Å²) in [7, 11) is 2.13. The minimum Gasteiger partial charge on any atom is -0.475 e. The van der Waals surface area contributed by atoms with Gasteiger partial charge in [0.25, 0.3) is 0 Å². The molecule has 1 saturated heterocycles. The Morgan fingerprint density at radius 3 is 3.12 bits per heavy atom. The number of nitrogen functional groups attached to an aromatic ring is 1. The first-order valence-corrected chi connectivity index (χ1v) is 6.29. The van der Waals surface area contributed by atoms with Gasteiger partial charge in [-0.05, 0) is 38.6 Å². The van der Waals surface area contributed by atoms with Gasteiger partial charge in [-0.3, -0.25) is 0 Å². The van der Waals surface area contributed by atoms with Crippen LogP contribution in [0.3, 0.4) is 0 Å². The van der Waals surface area contributed by atoms with Crippen LogP contribution < -0.4 is 10.5 Å². The van der Waals surface area contributed by atoms with Crippen molar-refractivity contribution >= 4 is 17.3 Å². The Bertz CT molecular complexity index is 386. The second-order valence-electron chi connectivity index (χ2n) is 4.47. The molecule has 0 amide bonds. The molecular formula is C12H18ClN3O. The number of anilines is 1. The molecule has 5 heteroatoms. The molecule has 0 radical (unpaired) electrons. The van der Waals surface area contributed by atoms with Crippen LogP contribution in [0.2, 0.25) is 5.15 Å². The highest BCUT2D eigenvalue weighted by Gasteiger charge is 2.19. The molecule has 1 atom stereocenters. The van der Waals surface area contributed by atoms with Gasteiger partial charge in [0.05, 0.1) is 5.69 Å². The van der Waals surface area contributed by atoms with Gasteiger partial charge >= 0.3 is 0 Å². The van der Waals surface area contributed by atoms with Crippen molar-refractivity contribution in [1.82, 2.24) is 9.88 Å². The molecule has 1 aliphatic heterocycles. The van der Waals surface area contributed by atoms with Gasteiger partial charge in [0.2, 0.25) is 5.88 Å². The minimum atomic E-state index is 0.409. The van der Waals surface area contributed by atoms with Gasteiger partial charge in [0.15, 0.2) is 0 Å². The molecule has 1 aromatic rings. The predicted molar refractivity (Wildman–Crippen MR) is 69.4 cm³/mol. The van der Waals surface area contributed by atoms with E-state index in [1.54, 1.807) is 12.1 Å². The normalized spacial score (nSPS) is 21.4. The van der Waals surface area contributed by atoms with E-state index in [1.807, 2.05) is 0 Å². The van der Waals surface area contributed by atoms with E-state index in [1.165, 1.54) is 12.8 Å². The minimum absolute atomic E-state index is 0.409. The Balaban J connectivity index is 1.94. The van der Waals surface area contributed by atoms with Crippen molar-refractivity contribution in [1.29, 1.82) is 0 Å². The molecule has 2 rings (SSSR count). The molecule has 2 heterocycles. The van der Waals surface area contributed by atoms with Crippen LogP contribution in [0.15, 0.2) is 12.1 Å². The fourth-order valence-electron chi connectivity index (χ4n) is 2.07. The van der Waals surface area contributed by atoms with E-state index in [2.05, 4.69) is 16.9 Å². The van der Waals surface area contributed by atoms with Crippen LogP contribution in [0.4, 0.5) is 5.69 Å². The van der Waals surface area contributed by atoms with Gasteiger partial charge in [-0.25, -0.2) is 0 Å². The molecule has 1 fully saturated rings. The number of likely N-dealkylation sites (tertiary alicyclic amines) is 1. The van der Waals surface area contributed by atoms with Crippen LogP contribution in [0.1, 0.15) is 19.3 Å². The summed E-state index contributed by atoms with van der Waals surface area (Å²) in [4.78, 5) is 6.41. The van der Waals surface area contributed by atoms with Crippen LogP contribution >= 0.6 is 11.6 Å². The number of hydrogen-bond acceptors (Lipinski definition) is 4. The number of ether oxygens (including phenoxy) is 1. The fraction of sp³-hybridized carbons (Fsp3) is 0.583. The second kappa shape index (κ2) is 5.56. The van der Waals surface area contributed by atoms with E-state index < -0.39 is 0 Å². The van der Waals surface area contributed by atoms with Crippen molar-refractivity contribution in [3.8, 4) is 5.88 Å². The summed E-state index contributed by atoms with van der Waals surface area (Å²) in [6.45, 7) is 1.75. The highest BCUT2D eigenvalue weighted by atomic mass is 35.5. The molecule has 1 aromatic heterocycles. The topological polar surface area (TPSA) is 51.4 Å². The number of likely N-dealkylation sites (N-methyl/N-ethyl adjacent to an activating group) is 1. The van der Waals surface area contributed by atoms with Gasteiger partial charge in [0.1, 0.15) is 11.8 Å². The smallest absolute Gasteiger partial charge is 0.238 e. The Morgan fingerprint density at radius 2 is 2.35 bits per heavy atom. The first-order chi connectivity index (χ1) is 8.16. The van der Waals surface area contributed by atoms with Gasteiger partial charge in [0, 0.05) is 6.04 Å². The van der Waals surface area contributed by atoms with Gasteiger partial charge in [-0.1, -0.05) is 18.0 Å². The fourth-order valence-corrected chi connectivity index (χ4v) is 2.21. The molecule has 0 saturated carbocycles. The Hall–Kier alpha value is -1.00. The maximum Gasteiger partial charge on any atom is 0.238 e. The molecule has 17 heavy (non-hydrogen) atoms. The average molecular weight is 256 g/mol. The zero-order valence-electron chi connectivity index (χ0n) is 10.0. The first-order valence-electron chi connectivity index (χ1n) is 5.92. The van der Waals surface area contributed by atoms with Crippen LogP contribution in [-0.2, 0) is 0 Å². The van der Waals surface area contributed by atoms with Crippen molar-refractivity contribution < 1.29 is 4.74 Å². The molecule has 0 aliphatic carbocycles. The van der Waals surface area contributed by atoms with E-state index in [0.717, 1.165) is 13.0 Å². The summed E-state index contributed by atoms with van der Waals surface area (Å²) >= 11 is 5.81. The summed E-state index contributed by atoms with van der Waals surface area (Å²) in [6, 6.07) is 3.83. The second-order valence-corrected chi connectivity index (χ2v) is 4.86. The number of aromatic nitrogens is 1. The maximum atomic E-state index is 5.81. The number of nitrogens with two attached hydrogens (primary N) is 1. The van der Waals surface area contributed by atoms with Crippen LogP contribution in [-0.4, -0.2) is 36.1 Å². The average Bonchev–Trinajstić information content (AvgIpc) is 2.32. The van der Waals surface area contributed by atoms with Crippen LogP contribution in [0.5, 0.6) is 5.88 Å². The van der Waals surface area contributed by atoms with Gasteiger partial charge < -0.3 is 15.4 Å². The number of piperidine rings is 1. The molecule has 2 N–H and O–H groups in total. The highest BCUT2D eigenvalue weighted by molar-refractivity contribution is 6.29. The summed E-state index contributed by atoms with van der Waals surface area (Å²) in [6.07, 6.45) is 3.69. The number of hydrogen-bond donors (Lipinski definition) is 1. The molecule has 0 bridgehead atoms. The molecule has 1 aliphatic rings. The maximum absolute atomic E-state index is 5.81. The van der Waals surface area contributed by atoms with Crippen molar-refractivity contribution in [3.63, 3.8) is 0 Å². The largest absolute Gasteiger partial charge is 0.475 e. The lowest BCUT2D eigenvalue weighted by Gasteiger charge is -2.32. The SMILES string of the molecule is CN1CCCCC1COc1nc(Cl)ccc1N. The third kappa shape index (κ3) is 3.23. The summed E-state index contributed by atoms with van der Waals surface area (Å²) in [5.74, 6) is 0.441. The summed E-state index contributed by atoms with van der Waals surface area (Å²) in [5.41, 5.74) is 6.32. The van der Waals surface area contributed by atoms with Gasteiger partial charge in [-0.2, -0.15) is 4.98 Å². The zero-order valence-corrected chi connectivity index (χ0v) is 10.8. The van der Waals surface area contributed by atoms with E-state index in [4.69, 9.17) is 22.1 Å². The number of nitrogens with zero attached hydrogens (tertiary/aromatic N) is 2. The van der Waals surface area contributed by atoms with E-state index in [0.29, 0.717) is 29.4 Å². The van der Waals surface area contributed by atoms with E-state index >= 15 is 0 Å². The molecular weight excluding hydrogens is 238 g/mol.